The van der Waals surface area contributed by atoms with Crippen LogP contribution in [0.15, 0.2) is 0 Å². The fraction of sp³-hybridized carbons (Fsp3) is 0. The number of hydrogen-bond donors (Lipinski definition) is 2. The number of rotatable bonds is 0. The zero-order valence-electron chi connectivity index (χ0n) is 5.20. The Bertz CT molecular complexity index is 118. The summed E-state index contributed by atoms with van der Waals surface area (Å²) in [5, 5.41) is 16.7. The molecule has 0 radical (unpaired) electrons. The molecule has 0 saturated carbocycles. The Morgan fingerprint density at radius 2 is 1.27 bits per heavy atom. The number of carbonyl (C=O) groups excluding carboxylic acids is 1. The first-order valence-electron chi connectivity index (χ1n) is 1.38. The van der Waals surface area contributed by atoms with Gasteiger partial charge in [-0.2, -0.15) is 0 Å². The Labute approximate surface area is 93.9 Å². The molecule has 0 amide bonds. The minimum atomic E-state index is -4.89. The van der Waals surface area contributed by atoms with Crippen molar-refractivity contribution in [1.82, 2.24) is 0 Å². The van der Waals surface area contributed by atoms with Gasteiger partial charge in [-0.15, -0.1) is 0 Å². The van der Waals surface area contributed by atoms with Gasteiger partial charge >= 0.3 is 46.0 Å². The largest absolute Gasteiger partial charge is 2.00 e. The summed E-state index contributed by atoms with van der Waals surface area (Å²) in [6.45, 7) is 0. The average molecular weight is 239 g/mol. The Morgan fingerprint density at radius 1 is 1.27 bits per heavy atom. The number of carbonyl (C=O) groups is 1. The molecule has 0 rings (SSSR count). The van der Waals surface area contributed by atoms with Gasteiger partial charge in [0.05, 0.1) is 0 Å². The van der Waals surface area contributed by atoms with Crippen molar-refractivity contribution in [2.75, 3.05) is 0 Å². The fourth-order valence-electron chi connectivity index (χ4n) is 0. The van der Waals surface area contributed by atoms with Gasteiger partial charge < -0.3 is 29.7 Å². The summed E-state index contributed by atoms with van der Waals surface area (Å²) < 4.78 is 8.77. The van der Waals surface area contributed by atoms with Crippen LogP contribution in [0.25, 0.3) is 0 Å². The van der Waals surface area contributed by atoms with E-state index in [1.54, 1.807) is 0 Å². The fourth-order valence-corrected chi connectivity index (χ4v) is 0. The van der Waals surface area contributed by atoms with Crippen LogP contribution in [0.4, 0.5) is 4.79 Å². The topological polar surface area (TPSA) is 144 Å². The first-order valence-corrected chi connectivity index (χ1v) is 2.91. The van der Waals surface area contributed by atoms with Crippen LogP contribution in [-0.2, 0) is 21.1 Å². The summed E-state index contributed by atoms with van der Waals surface area (Å²) in [5.74, 6) is 0. The van der Waals surface area contributed by atoms with Gasteiger partial charge in [0.1, 0.15) is 0 Å². The van der Waals surface area contributed by atoms with Crippen LogP contribution in [0.1, 0.15) is 0 Å². The molecule has 0 bridgehead atoms. The van der Waals surface area contributed by atoms with Crippen molar-refractivity contribution in [3.05, 3.63) is 0 Å². The summed E-state index contributed by atoms with van der Waals surface area (Å²) in [5.41, 5.74) is 0. The van der Waals surface area contributed by atoms with Crippen LogP contribution in [0.2, 0.25) is 0 Å². The number of carboxylic acid groups (broad SMARTS) is 2. The van der Waals surface area contributed by atoms with Crippen LogP contribution in [0.3, 0.4) is 0 Å². The molecule has 0 fully saturated rings. The van der Waals surface area contributed by atoms with Crippen LogP contribution in [-0.4, -0.2) is 15.9 Å². The maximum atomic E-state index is 8.77. The van der Waals surface area contributed by atoms with Crippen LogP contribution in [0.5, 0.6) is 0 Å². The van der Waals surface area contributed by atoms with E-state index in [4.69, 9.17) is 34.3 Å². The van der Waals surface area contributed by atoms with Crippen LogP contribution >= 0.6 is 7.82 Å². The molecule has 0 aliphatic carbocycles. The summed E-state index contributed by atoms with van der Waals surface area (Å²) in [7, 11) is -4.89. The van der Waals surface area contributed by atoms with Gasteiger partial charge in [0.25, 0.3) is 7.82 Å². The smallest absolute Gasteiger partial charge is 0.756 e. The second-order valence-electron chi connectivity index (χ2n) is 0.741. The van der Waals surface area contributed by atoms with Gasteiger partial charge in [-0.3, -0.25) is 4.57 Å². The van der Waals surface area contributed by atoms with E-state index in [2.05, 4.69) is 0 Å². The predicted octanol–water partition coefficient (Wildman–Crippen LogP) is -7.01. The van der Waals surface area contributed by atoms with Gasteiger partial charge in [-0.05, 0) is 6.16 Å². The molecule has 11 heavy (non-hydrogen) atoms. The Hall–Kier alpha value is 0.874. The first-order chi connectivity index (χ1) is 3.73. The predicted molar refractivity (Wildman–Crippen MR) is 17.4 cm³/mol. The van der Waals surface area contributed by atoms with E-state index in [9.17, 15) is 0 Å². The molecule has 0 aliphatic rings. The van der Waals surface area contributed by atoms with Gasteiger partial charge in [0.2, 0.25) is 0 Å². The molecular formula is CH2NaNiO7P. The molecule has 0 spiro atoms. The van der Waals surface area contributed by atoms with Crippen molar-refractivity contribution in [2.24, 2.45) is 0 Å². The van der Waals surface area contributed by atoms with Gasteiger partial charge in [0.15, 0.2) is 0 Å². The van der Waals surface area contributed by atoms with E-state index < -0.39 is 14.0 Å². The van der Waals surface area contributed by atoms with Gasteiger partial charge in [0, 0.05) is 0 Å². The summed E-state index contributed by atoms with van der Waals surface area (Å²) in [6, 6.07) is 0. The van der Waals surface area contributed by atoms with E-state index in [0.29, 0.717) is 0 Å². The average Bonchev–Trinajstić information content (AvgIpc) is 1.19. The van der Waals surface area contributed by atoms with Gasteiger partial charge in [-0.25, -0.2) is 0 Å². The van der Waals surface area contributed by atoms with Crippen LogP contribution in [0, 0.1) is 0 Å². The third-order valence-electron chi connectivity index (χ3n) is 0. The summed E-state index contributed by atoms with van der Waals surface area (Å²) in [6.07, 6.45) is -2.33. The second-order valence-corrected chi connectivity index (χ2v) is 1.72. The molecule has 64 valence electrons. The minimum Gasteiger partial charge on any atom is -0.756 e. The van der Waals surface area contributed by atoms with Crippen molar-refractivity contribution in [3.63, 3.8) is 0 Å². The molecule has 0 atom stereocenters. The standard InChI is InChI=1S/CH2O3.Na.Ni.H3O4P/c2-1(3)4;;;1-5(2,3)4/h(H2,2,3,4);;;(H3,1,2,3,4)/q;+1;+2;/p-3. The quantitative estimate of drug-likeness (QED) is 0.315. The molecule has 0 aromatic heterocycles. The van der Waals surface area contributed by atoms with E-state index in [-0.39, 0.29) is 46.0 Å². The normalized spacial score (nSPS) is 7.55. The number of hydrogen-bond acceptors (Lipinski definition) is 5. The summed E-state index contributed by atoms with van der Waals surface area (Å²) in [4.78, 5) is 31.3. The van der Waals surface area contributed by atoms with Crippen molar-refractivity contribution < 1.29 is 80.3 Å². The zero-order chi connectivity index (χ0) is 8.08. The molecule has 0 heterocycles. The van der Waals surface area contributed by atoms with Crippen molar-refractivity contribution in [1.29, 1.82) is 0 Å². The Balaban J connectivity index is -0.0000000383. The third kappa shape index (κ3) is 1120. The Morgan fingerprint density at radius 3 is 1.27 bits per heavy atom. The van der Waals surface area contributed by atoms with Crippen molar-refractivity contribution in [3.8, 4) is 0 Å². The molecule has 7 nitrogen and oxygen atoms in total. The molecule has 0 unspecified atom stereocenters. The maximum Gasteiger partial charge on any atom is 2.00 e. The van der Waals surface area contributed by atoms with Crippen molar-refractivity contribution >= 4 is 14.0 Å². The monoisotopic (exact) mass is 238 g/mol. The van der Waals surface area contributed by atoms with Crippen molar-refractivity contribution in [2.45, 2.75) is 0 Å². The molecule has 0 saturated heterocycles. The Kier molecular flexibility index (Phi) is 22.4. The van der Waals surface area contributed by atoms with E-state index in [1.165, 1.54) is 0 Å². The number of phosphoric acid groups is 1. The SMILES string of the molecule is O=C([O-])[O-].O=P([O-])(O)O.[Na+].[Ni+2]. The summed E-state index contributed by atoms with van der Waals surface area (Å²) >= 11 is 0. The second kappa shape index (κ2) is 10.9. The van der Waals surface area contributed by atoms with E-state index in [0.717, 1.165) is 0 Å². The molecule has 10 heteroatoms. The van der Waals surface area contributed by atoms with Crippen LogP contribution < -0.4 is 44.7 Å². The minimum absolute atomic E-state index is 0. The maximum absolute atomic E-state index is 8.77. The van der Waals surface area contributed by atoms with E-state index in [1.807, 2.05) is 0 Å². The van der Waals surface area contributed by atoms with E-state index >= 15 is 0 Å². The first kappa shape index (κ1) is 22.6. The molecule has 2 N–H and O–H groups in total. The molecular weight excluding hydrogens is 237 g/mol. The zero-order valence-corrected chi connectivity index (χ0v) is 9.08. The molecule has 0 aromatic carbocycles. The molecule has 0 aromatic rings. The third-order valence-corrected chi connectivity index (χ3v) is 0. The molecule has 0 aliphatic heterocycles. The van der Waals surface area contributed by atoms with Gasteiger partial charge in [-0.1, -0.05) is 0 Å².